The van der Waals surface area contributed by atoms with Crippen LogP contribution in [0.15, 0.2) is 0 Å². The molecule has 0 aliphatic rings. The molecule has 0 saturated carbocycles. The summed E-state index contributed by atoms with van der Waals surface area (Å²) in [6.45, 7) is 15.0. The quantitative estimate of drug-likeness (QED) is 0.191. The van der Waals surface area contributed by atoms with Crippen LogP contribution in [0.3, 0.4) is 0 Å². The summed E-state index contributed by atoms with van der Waals surface area (Å²) >= 11 is 0. The number of hydrogen-bond acceptors (Lipinski definition) is 9. The van der Waals surface area contributed by atoms with Crippen molar-refractivity contribution in [2.24, 2.45) is 0 Å². The summed E-state index contributed by atoms with van der Waals surface area (Å²) in [6.07, 6.45) is -8.98. The van der Waals surface area contributed by atoms with Crippen molar-refractivity contribution in [2.75, 3.05) is 6.61 Å². The minimum atomic E-state index is -2.28. The molecule has 10 heteroatoms. The molecule has 4 atom stereocenters. The van der Waals surface area contributed by atoms with Gasteiger partial charge in [-0.25, -0.2) is 9.59 Å². The molecule has 0 aromatic rings. The van der Waals surface area contributed by atoms with Crippen LogP contribution >= 0.6 is 0 Å². The van der Waals surface area contributed by atoms with Crippen LogP contribution in [0, 0.1) is 0 Å². The molecule has 0 bridgehead atoms. The molecule has 0 aliphatic carbocycles. The number of carboxylic acids is 1. The predicted molar refractivity (Wildman–Crippen MR) is 111 cm³/mol. The average molecular weight is 437 g/mol. The van der Waals surface area contributed by atoms with E-state index in [1.165, 1.54) is 0 Å². The van der Waals surface area contributed by atoms with Crippen molar-refractivity contribution < 1.29 is 39.9 Å². The van der Waals surface area contributed by atoms with Crippen molar-refractivity contribution in [3.05, 3.63) is 0 Å². The number of aliphatic carboxylic acids is 1. The highest BCUT2D eigenvalue weighted by atomic mass is 16.5. The van der Waals surface area contributed by atoms with Crippen LogP contribution in [0.25, 0.3) is 0 Å². The maximum absolute atomic E-state index is 13.1. The molecule has 0 aromatic heterocycles. The highest BCUT2D eigenvalue weighted by Crippen LogP contribution is 2.21. The summed E-state index contributed by atoms with van der Waals surface area (Å²) in [6, 6.07) is 0.0207. The average Bonchev–Trinajstić information content (AvgIpc) is 2.61. The molecular formula is C20H40N2O8. The molecule has 0 aromatic carbocycles. The molecule has 0 rings (SSSR count). The fourth-order valence-corrected chi connectivity index (χ4v) is 3.62. The first-order chi connectivity index (χ1) is 13.6. The second kappa shape index (κ2) is 12.5. The molecule has 0 aliphatic heterocycles. The molecule has 0 heterocycles. The number of aliphatic hydroxyl groups excluding tert-OH is 4. The van der Waals surface area contributed by atoms with E-state index in [4.69, 9.17) is 9.84 Å². The Kier molecular flexibility index (Phi) is 12.0. The largest absolute Gasteiger partial charge is 0.479 e. The number of esters is 1. The van der Waals surface area contributed by atoms with E-state index in [1.54, 1.807) is 0 Å². The van der Waals surface area contributed by atoms with Crippen molar-refractivity contribution in [1.82, 2.24) is 9.80 Å². The first-order valence-corrected chi connectivity index (χ1v) is 10.3. The standard InChI is InChI=1S/C20H40N2O8/c1-10(2)21(11(3)4)18(22(12(5)6)13(7)8)20(29)30-9-14(23)15(24)16(25)17(26)19(27)28/h10-18,23-26H,9H2,1-8H3,(H,27,28)/t14-,15+,16-,17-/m1/s1. The van der Waals surface area contributed by atoms with Gasteiger partial charge in [-0.3, -0.25) is 9.80 Å². The van der Waals surface area contributed by atoms with Gasteiger partial charge in [0.25, 0.3) is 0 Å². The Morgan fingerprint density at radius 2 is 1.10 bits per heavy atom. The van der Waals surface area contributed by atoms with E-state index >= 15 is 0 Å². The highest BCUT2D eigenvalue weighted by molar-refractivity contribution is 5.75. The van der Waals surface area contributed by atoms with Crippen LogP contribution in [-0.4, -0.2) is 109 Å². The number of rotatable bonds is 13. The van der Waals surface area contributed by atoms with Gasteiger partial charge in [-0.2, -0.15) is 0 Å². The molecule has 0 saturated heterocycles. The molecule has 5 N–H and O–H groups in total. The van der Waals surface area contributed by atoms with E-state index in [9.17, 15) is 30.0 Å². The minimum absolute atomic E-state index is 0.00518. The number of nitrogens with zero attached hydrogens (tertiary/aromatic N) is 2. The summed E-state index contributed by atoms with van der Waals surface area (Å²) in [7, 11) is 0. The summed E-state index contributed by atoms with van der Waals surface area (Å²) in [4.78, 5) is 27.8. The van der Waals surface area contributed by atoms with E-state index in [0.717, 1.165) is 0 Å². The normalized spacial score (nSPS) is 16.8. The van der Waals surface area contributed by atoms with E-state index in [2.05, 4.69) is 0 Å². The SMILES string of the molecule is CC(C)N(C(C)C)C(C(=O)OC[C@@H](O)[C@H](O)[C@@H](O)[C@@H](O)C(=O)O)N(C(C)C)C(C)C. The summed E-state index contributed by atoms with van der Waals surface area (Å²) < 4.78 is 5.27. The van der Waals surface area contributed by atoms with Crippen LogP contribution in [0.2, 0.25) is 0 Å². The molecule has 0 amide bonds. The number of aliphatic hydroxyl groups is 4. The molecule has 0 spiro atoms. The molecule has 178 valence electrons. The first-order valence-electron chi connectivity index (χ1n) is 10.3. The zero-order chi connectivity index (χ0) is 23.9. The Labute approximate surface area is 179 Å². The van der Waals surface area contributed by atoms with Crippen molar-refractivity contribution in [2.45, 2.75) is 110 Å². The van der Waals surface area contributed by atoms with Crippen molar-refractivity contribution in [3.63, 3.8) is 0 Å². The zero-order valence-electron chi connectivity index (χ0n) is 19.3. The smallest absolute Gasteiger partial charge is 0.338 e. The van der Waals surface area contributed by atoms with Gasteiger partial charge in [-0.15, -0.1) is 0 Å². The Bertz CT molecular complexity index is 505. The lowest BCUT2D eigenvalue weighted by Crippen LogP contribution is -2.62. The van der Waals surface area contributed by atoms with Crippen molar-refractivity contribution in [1.29, 1.82) is 0 Å². The van der Waals surface area contributed by atoms with E-state index in [1.807, 2.05) is 65.2 Å². The monoisotopic (exact) mass is 436 g/mol. The van der Waals surface area contributed by atoms with Crippen LogP contribution in [0.5, 0.6) is 0 Å². The van der Waals surface area contributed by atoms with Crippen LogP contribution in [0.1, 0.15) is 55.4 Å². The Balaban J connectivity index is 5.55. The number of carboxylic acid groups (broad SMARTS) is 1. The van der Waals surface area contributed by atoms with Crippen molar-refractivity contribution in [3.8, 4) is 0 Å². The van der Waals surface area contributed by atoms with Crippen LogP contribution in [-0.2, 0) is 14.3 Å². The van der Waals surface area contributed by atoms with Gasteiger partial charge in [0.2, 0.25) is 0 Å². The third kappa shape index (κ3) is 7.75. The minimum Gasteiger partial charge on any atom is -0.479 e. The lowest BCUT2D eigenvalue weighted by Gasteiger charge is -2.46. The first kappa shape index (κ1) is 28.7. The molecule has 10 nitrogen and oxygen atoms in total. The lowest BCUT2D eigenvalue weighted by atomic mass is 10.0. The van der Waals surface area contributed by atoms with Crippen molar-refractivity contribution >= 4 is 11.9 Å². The number of ether oxygens (including phenoxy) is 1. The number of carbonyl (C=O) groups is 2. The summed E-state index contributed by atoms with van der Waals surface area (Å²) in [5.74, 6) is -2.39. The Hall–Kier alpha value is -1.30. The van der Waals surface area contributed by atoms with Gasteiger partial charge in [-0.05, 0) is 55.4 Å². The van der Waals surface area contributed by atoms with E-state index < -0.39 is 49.1 Å². The Morgan fingerprint density at radius 1 is 0.733 bits per heavy atom. The molecule has 0 radical (unpaired) electrons. The van der Waals surface area contributed by atoms with Gasteiger partial charge in [0.1, 0.15) is 24.9 Å². The Morgan fingerprint density at radius 3 is 1.40 bits per heavy atom. The van der Waals surface area contributed by atoms with E-state index in [0.29, 0.717) is 0 Å². The lowest BCUT2D eigenvalue weighted by molar-refractivity contribution is -0.177. The van der Waals surface area contributed by atoms with E-state index in [-0.39, 0.29) is 24.2 Å². The summed E-state index contributed by atoms with van der Waals surface area (Å²) in [5, 5.41) is 47.6. The molecule has 30 heavy (non-hydrogen) atoms. The van der Waals surface area contributed by atoms with Gasteiger partial charge >= 0.3 is 11.9 Å². The maximum atomic E-state index is 13.1. The second-order valence-corrected chi connectivity index (χ2v) is 8.60. The number of hydrogen-bond donors (Lipinski definition) is 5. The predicted octanol–water partition coefficient (Wildman–Crippen LogP) is -0.378. The van der Waals surface area contributed by atoms with Gasteiger partial charge in [0.15, 0.2) is 12.3 Å². The van der Waals surface area contributed by atoms with Crippen LogP contribution in [0.4, 0.5) is 0 Å². The van der Waals surface area contributed by atoms with Gasteiger partial charge in [0, 0.05) is 24.2 Å². The third-order valence-corrected chi connectivity index (χ3v) is 4.88. The number of carbonyl (C=O) groups excluding carboxylic acids is 1. The maximum Gasteiger partial charge on any atom is 0.338 e. The second-order valence-electron chi connectivity index (χ2n) is 8.60. The topological polar surface area (TPSA) is 151 Å². The molecular weight excluding hydrogens is 396 g/mol. The van der Waals surface area contributed by atoms with Crippen LogP contribution < -0.4 is 0 Å². The van der Waals surface area contributed by atoms with Gasteiger partial charge < -0.3 is 30.3 Å². The van der Waals surface area contributed by atoms with Gasteiger partial charge in [-0.1, -0.05) is 0 Å². The highest BCUT2D eigenvalue weighted by Gasteiger charge is 2.40. The molecule has 0 unspecified atom stereocenters. The summed E-state index contributed by atoms with van der Waals surface area (Å²) in [5.41, 5.74) is 0. The zero-order valence-corrected chi connectivity index (χ0v) is 19.3. The fraction of sp³-hybridized carbons (Fsp3) is 0.900. The fourth-order valence-electron chi connectivity index (χ4n) is 3.62. The third-order valence-electron chi connectivity index (χ3n) is 4.88. The molecule has 0 fully saturated rings. The van der Waals surface area contributed by atoms with Gasteiger partial charge in [0.05, 0.1) is 0 Å².